The van der Waals surface area contributed by atoms with E-state index in [0.29, 0.717) is 49.9 Å². The Bertz CT molecular complexity index is 1150. The van der Waals surface area contributed by atoms with Crippen LogP contribution >= 0.6 is 0 Å². The minimum absolute atomic E-state index is 0.146. The van der Waals surface area contributed by atoms with Crippen molar-refractivity contribution >= 4 is 28.0 Å². The van der Waals surface area contributed by atoms with Gasteiger partial charge in [-0.1, -0.05) is 24.3 Å². The molecule has 166 valence electrons. The van der Waals surface area contributed by atoms with Gasteiger partial charge in [0.15, 0.2) is 5.82 Å². The van der Waals surface area contributed by atoms with E-state index in [0.717, 1.165) is 27.6 Å². The molecule has 0 fully saturated rings. The van der Waals surface area contributed by atoms with Gasteiger partial charge in [-0.15, -0.1) is 0 Å². The third kappa shape index (κ3) is 4.78. The lowest BCUT2D eigenvalue weighted by atomic mass is 9.89. The first-order valence-corrected chi connectivity index (χ1v) is 10.8. The summed E-state index contributed by atoms with van der Waals surface area (Å²) in [5.74, 6) is 0.857. The van der Waals surface area contributed by atoms with Crippen LogP contribution in [0.4, 0.5) is 10.2 Å². The SMILES string of the molecule is COCc1cc(C2CC=CC=C2F)cc2c(NCCC(C)=N)nc(C3=CC=CNC3)nc12. The first-order valence-electron chi connectivity index (χ1n) is 10.8. The Kier molecular flexibility index (Phi) is 6.75. The number of halogens is 1. The highest BCUT2D eigenvalue weighted by atomic mass is 19.1. The normalized spacial score (nSPS) is 17.7. The van der Waals surface area contributed by atoms with E-state index < -0.39 is 0 Å². The number of allylic oxidation sites excluding steroid dienone is 6. The zero-order valence-corrected chi connectivity index (χ0v) is 18.4. The summed E-state index contributed by atoms with van der Waals surface area (Å²) < 4.78 is 20.1. The van der Waals surface area contributed by atoms with Crippen molar-refractivity contribution in [2.45, 2.75) is 32.3 Å². The summed E-state index contributed by atoms with van der Waals surface area (Å²) in [5, 5.41) is 15.2. The van der Waals surface area contributed by atoms with E-state index in [1.54, 1.807) is 20.1 Å². The van der Waals surface area contributed by atoms with Crippen LogP contribution in [-0.2, 0) is 11.3 Å². The smallest absolute Gasteiger partial charge is 0.159 e. The molecule has 2 aromatic rings. The maximum absolute atomic E-state index is 14.6. The van der Waals surface area contributed by atoms with Gasteiger partial charge in [-0.05, 0) is 43.3 Å². The average Bonchev–Trinajstić information content (AvgIpc) is 2.80. The minimum atomic E-state index is -0.327. The highest BCUT2D eigenvalue weighted by Crippen LogP contribution is 2.36. The second-order valence-electron chi connectivity index (χ2n) is 8.06. The molecular formula is C25H28FN5O. The summed E-state index contributed by atoms with van der Waals surface area (Å²) in [4.78, 5) is 9.72. The van der Waals surface area contributed by atoms with Crippen molar-refractivity contribution in [1.82, 2.24) is 15.3 Å². The lowest BCUT2D eigenvalue weighted by molar-refractivity contribution is 0.185. The third-order valence-electron chi connectivity index (χ3n) is 5.58. The van der Waals surface area contributed by atoms with Crippen molar-refractivity contribution in [2.24, 2.45) is 0 Å². The first-order chi connectivity index (χ1) is 15.6. The molecule has 0 bridgehead atoms. The number of anilines is 1. The lowest BCUT2D eigenvalue weighted by Gasteiger charge is -2.20. The van der Waals surface area contributed by atoms with Gasteiger partial charge in [0.25, 0.3) is 0 Å². The number of benzene rings is 1. The fourth-order valence-electron chi connectivity index (χ4n) is 3.95. The van der Waals surface area contributed by atoms with E-state index in [-0.39, 0.29) is 11.7 Å². The molecule has 0 radical (unpaired) electrons. The van der Waals surface area contributed by atoms with Crippen LogP contribution in [0.3, 0.4) is 0 Å². The summed E-state index contributed by atoms with van der Waals surface area (Å²) in [6.45, 7) is 3.38. The van der Waals surface area contributed by atoms with Gasteiger partial charge in [-0.25, -0.2) is 14.4 Å². The number of nitrogens with zero attached hydrogens (tertiary/aromatic N) is 2. The Hall–Kier alpha value is -3.32. The van der Waals surface area contributed by atoms with Gasteiger partial charge >= 0.3 is 0 Å². The highest BCUT2D eigenvalue weighted by molar-refractivity contribution is 5.93. The highest BCUT2D eigenvalue weighted by Gasteiger charge is 2.22. The number of fused-ring (bicyclic) bond motifs is 1. The van der Waals surface area contributed by atoms with Gasteiger partial charge in [-0.2, -0.15) is 0 Å². The van der Waals surface area contributed by atoms with E-state index in [1.807, 2.05) is 36.6 Å². The Morgan fingerprint density at radius 2 is 2.16 bits per heavy atom. The van der Waals surface area contributed by atoms with E-state index in [1.165, 1.54) is 6.08 Å². The number of dihydropyridines is 1. The standard InChI is InChI=1S/C25H28FN5O/c1-16(27)9-11-29-25-21-13-18(20-7-3-4-8-22(20)26)12-19(15-32-2)23(21)30-24(31-25)17-6-5-10-28-14-17/h3-6,8,10,12-13,20,27-28H,7,9,11,14-15H2,1-2H3,(H,29,30,31). The molecule has 2 aliphatic rings. The molecule has 3 N–H and O–H groups in total. The molecule has 0 saturated heterocycles. The Morgan fingerprint density at radius 1 is 1.28 bits per heavy atom. The van der Waals surface area contributed by atoms with Crippen LogP contribution in [0.15, 0.2) is 54.5 Å². The zero-order chi connectivity index (χ0) is 22.5. The van der Waals surface area contributed by atoms with Crippen molar-refractivity contribution in [3.05, 3.63) is 71.5 Å². The van der Waals surface area contributed by atoms with E-state index in [9.17, 15) is 4.39 Å². The molecule has 1 aromatic carbocycles. The Labute approximate surface area is 187 Å². The van der Waals surface area contributed by atoms with Gasteiger partial charge in [0.1, 0.15) is 11.6 Å². The van der Waals surface area contributed by atoms with Gasteiger partial charge < -0.3 is 20.8 Å². The molecule has 6 nitrogen and oxygen atoms in total. The molecule has 1 aliphatic heterocycles. The summed E-state index contributed by atoms with van der Waals surface area (Å²) in [7, 11) is 1.65. The first kappa shape index (κ1) is 21.9. The molecule has 0 amide bonds. The van der Waals surface area contributed by atoms with Crippen LogP contribution in [0, 0.1) is 5.41 Å². The van der Waals surface area contributed by atoms with Crippen LogP contribution in [0.5, 0.6) is 0 Å². The third-order valence-corrected chi connectivity index (χ3v) is 5.58. The number of hydrogen-bond acceptors (Lipinski definition) is 6. The molecule has 1 atom stereocenters. The van der Waals surface area contributed by atoms with Crippen molar-refractivity contribution in [3.63, 3.8) is 0 Å². The van der Waals surface area contributed by atoms with Crippen LogP contribution in [0.2, 0.25) is 0 Å². The number of hydrogen-bond donors (Lipinski definition) is 3. The molecule has 2 heterocycles. The quantitative estimate of drug-likeness (QED) is 0.510. The predicted octanol–water partition coefficient (Wildman–Crippen LogP) is 5.02. The van der Waals surface area contributed by atoms with Crippen molar-refractivity contribution in [1.29, 1.82) is 5.41 Å². The molecule has 32 heavy (non-hydrogen) atoms. The molecule has 1 aliphatic carbocycles. The molecular weight excluding hydrogens is 405 g/mol. The van der Waals surface area contributed by atoms with Crippen LogP contribution < -0.4 is 10.6 Å². The number of aromatic nitrogens is 2. The summed E-state index contributed by atoms with van der Waals surface area (Å²) in [6.07, 6.45) is 12.3. The monoisotopic (exact) mass is 433 g/mol. The molecule has 7 heteroatoms. The largest absolute Gasteiger partial charge is 0.387 e. The number of rotatable bonds is 8. The summed E-state index contributed by atoms with van der Waals surface area (Å²) >= 11 is 0. The molecule has 0 saturated carbocycles. The van der Waals surface area contributed by atoms with Crippen LogP contribution in [0.1, 0.15) is 42.6 Å². The zero-order valence-electron chi connectivity index (χ0n) is 18.4. The van der Waals surface area contributed by atoms with Crippen LogP contribution in [-0.4, -0.2) is 35.9 Å². The van der Waals surface area contributed by atoms with Gasteiger partial charge in [0, 0.05) is 54.8 Å². The fourth-order valence-corrected chi connectivity index (χ4v) is 3.95. The van der Waals surface area contributed by atoms with Gasteiger partial charge in [0.2, 0.25) is 0 Å². The Balaban J connectivity index is 1.87. The van der Waals surface area contributed by atoms with Crippen molar-refractivity contribution in [3.8, 4) is 0 Å². The van der Waals surface area contributed by atoms with Crippen LogP contribution in [0.25, 0.3) is 16.5 Å². The van der Waals surface area contributed by atoms with Gasteiger partial charge in [-0.3, -0.25) is 0 Å². The van der Waals surface area contributed by atoms with Crippen molar-refractivity contribution < 1.29 is 9.13 Å². The topological polar surface area (TPSA) is 82.9 Å². The van der Waals surface area contributed by atoms with Crippen molar-refractivity contribution in [2.75, 3.05) is 25.5 Å². The molecule has 0 spiro atoms. The fraction of sp³-hybridized carbons (Fsp3) is 0.320. The van der Waals surface area contributed by atoms with E-state index in [2.05, 4.69) is 10.6 Å². The molecule has 1 unspecified atom stereocenters. The molecule has 1 aromatic heterocycles. The second kappa shape index (κ2) is 9.87. The predicted molar refractivity (Wildman–Crippen MR) is 128 cm³/mol. The van der Waals surface area contributed by atoms with E-state index >= 15 is 0 Å². The summed E-state index contributed by atoms with van der Waals surface area (Å²) in [5.41, 5.74) is 4.16. The number of nitrogens with one attached hydrogen (secondary N) is 3. The molecule has 4 rings (SSSR count). The number of methoxy groups -OCH3 is 1. The summed E-state index contributed by atoms with van der Waals surface area (Å²) in [6, 6.07) is 3.99. The average molecular weight is 434 g/mol. The maximum atomic E-state index is 14.6. The second-order valence-corrected chi connectivity index (χ2v) is 8.06. The van der Waals surface area contributed by atoms with E-state index in [4.69, 9.17) is 20.1 Å². The minimum Gasteiger partial charge on any atom is -0.387 e. The van der Waals surface area contributed by atoms with Gasteiger partial charge in [0.05, 0.1) is 12.1 Å². The maximum Gasteiger partial charge on any atom is 0.159 e. The lowest BCUT2D eigenvalue weighted by Crippen LogP contribution is -2.15. The number of ether oxygens (including phenoxy) is 1. The Morgan fingerprint density at radius 3 is 2.88 bits per heavy atom.